The molecule has 0 atom stereocenters. The van der Waals surface area contributed by atoms with E-state index in [1.165, 1.54) is 7.11 Å². The summed E-state index contributed by atoms with van der Waals surface area (Å²) in [6, 6.07) is 0. The Labute approximate surface area is 84.3 Å². The van der Waals surface area contributed by atoms with Gasteiger partial charge in [0.1, 0.15) is 0 Å². The lowest BCUT2D eigenvalue weighted by Crippen LogP contribution is -2.09. The van der Waals surface area contributed by atoms with Crippen LogP contribution in [-0.4, -0.2) is 32.1 Å². The first-order valence-electron chi connectivity index (χ1n) is 4.42. The number of allylic oxidation sites excluding steroid dienone is 4. The van der Waals surface area contributed by atoms with Gasteiger partial charge in [0.15, 0.2) is 0 Å². The van der Waals surface area contributed by atoms with Crippen molar-refractivity contribution in [1.82, 2.24) is 4.90 Å². The van der Waals surface area contributed by atoms with E-state index in [4.69, 9.17) is 0 Å². The van der Waals surface area contributed by atoms with Gasteiger partial charge >= 0.3 is 5.97 Å². The van der Waals surface area contributed by atoms with Gasteiger partial charge < -0.3 is 9.64 Å². The molecule has 76 valence electrons. The first-order chi connectivity index (χ1) is 6.56. The SMILES string of the molecule is COC(=O)C1=CC(=C(C)N(C)C)C=C1. The highest BCUT2D eigenvalue weighted by Crippen LogP contribution is 2.20. The number of esters is 1. The Morgan fingerprint density at radius 2 is 2.00 bits per heavy atom. The maximum absolute atomic E-state index is 11.2. The van der Waals surface area contributed by atoms with Gasteiger partial charge in [-0.25, -0.2) is 4.79 Å². The summed E-state index contributed by atoms with van der Waals surface area (Å²) in [6.45, 7) is 2.01. The standard InChI is InChI=1S/C11H15NO2/c1-8(12(2)3)9-5-6-10(7-9)11(13)14-4/h5-7H,1-4H3. The van der Waals surface area contributed by atoms with Crippen molar-refractivity contribution in [3.63, 3.8) is 0 Å². The molecule has 1 aliphatic rings. The van der Waals surface area contributed by atoms with Gasteiger partial charge in [0.05, 0.1) is 12.7 Å². The molecule has 0 unspecified atom stereocenters. The number of carbonyl (C=O) groups is 1. The highest BCUT2D eigenvalue weighted by molar-refractivity contribution is 5.93. The number of hydrogen-bond donors (Lipinski definition) is 0. The van der Waals surface area contributed by atoms with Crippen LogP contribution in [0.5, 0.6) is 0 Å². The Morgan fingerprint density at radius 3 is 2.50 bits per heavy atom. The van der Waals surface area contributed by atoms with E-state index in [1.807, 2.05) is 38.1 Å². The first kappa shape index (κ1) is 10.6. The fraction of sp³-hybridized carbons (Fsp3) is 0.364. The average molecular weight is 193 g/mol. The van der Waals surface area contributed by atoms with Crippen LogP contribution in [0, 0.1) is 0 Å². The summed E-state index contributed by atoms with van der Waals surface area (Å²) in [5.41, 5.74) is 2.78. The Kier molecular flexibility index (Phi) is 3.12. The van der Waals surface area contributed by atoms with E-state index >= 15 is 0 Å². The Bertz CT molecular complexity index is 335. The van der Waals surface area contributed by atoms with Crippen molar-refractivity contribution in [3.05, 3.63) is 35.1 Å². The molecule has 0 heterocycles. The summed E-state index contributed by atoms with van der Waals surface area (Å²) in [5.74, 6) is -0.289. The number of carbonyl (C=O) groups excluding carboxylic acids is 1. The lowest BCUT2D eigenvalue weighted by atomic mass is 10.2. The number of ether oxygens (including phenoxy) is 1. The van der Waals surface area contributed by atoms with Gasteiger partial charge in [-0.1, -0.05) is 6.08 Å². The molecule has 1 rings (SSSR count). The van der Waals surface area contributed by atoms with Gasteiger partial charge in [-0.2, -0.15) is 0 Å². The summed E-state index contributed by atoms with van der Waals surface area (Å²) >= 11 is 0. The summed E-state index contributed by atoms with van der Waals surface area (Å²) in [4.78, 5) is 13.2. The molecule has 14 heavy (non-hydrogen) atoms. The van der Waals surface area contributed by atoms with Crippen LogP contribution in [-0.2, 0) is 9.53 Å². The van der Waals surface area contributed by atoms with E-state index in [-0.39, 0.29) is 5.97 Å². The van der Waals surface area contributed by atoms with E-state index < -0.39 is 0 Å². The lowest BCUT2D eigenvalue weighted by molar-refractivity contribution is -0.135. The van der Waals surface area contributed by atoms with Crippen LogP contribution in [0.4, 0.5) is 0 Å². The maximum atomic E-state index is 11.2. The van der Waals surface area contributed by atoms with E-state index in [0.717, 1.165) is 11.3 Å². The molecule has 0 radical (unpaired) electrons. The molecule has 3 nitrogen and oxygen atoms in total. The zero-order valence-electron chi connectivity index (χ0n) is 9.00. The van der Waals surface area contributed by atoms with Crippen molar-refractivity contribution in [1.29, 1.82) is 0 Å². The first-order valence-corrected chi connectivity index (χ1v) is 4.42. The Balaban J connectivity index is 2.93. The molecule has 0 aliphatic heterocycles. The predicted molar refractivity (Wildman–Crippen MR) is 55.6 cm³/mol. The van der Waals surface area contributed by atoms with E-state index in [2.05, 4.69) is 4.74 Å². The minimum absolute atomic E-state index is 0.289. The van der Waals surface area contributed by atoms with Crippen molar-refractivity contribution in [2.75, 3.05) is 21.2 Å². The molecule has 0 spiro atoms. The third kappa shape index (κ3) is 2.05. The summed E-state index contributed by atoms with van der Waals surface area (Å²) in [5, 5.41) is 0. The lowest BCUT2D eigenvalue weighted by Gasteiger charge is -2.14. The van der Waals surface area contributed by atoms with Crippen molar-refractivity contribution < 1.29 is 9.53 Å². The van der Waals surface area contributed by atoms with E-state index in [1.54, 1.807) is 6.08 Å². The molecular formula is C11H15NO2. The number of hydrogen-bond acceptors (Lipinski definition) is 3. The van der Waals surface area contributed by atoms with Gasteiger partial charge in [-0.05, 0) is 24.6 Å². The van der Waals surface area contributed by atoms with Crippen molar-refractivity contribution in [2.24, 2.45) is 0 Å². The van der Waals surface area contributed by atoms with Crippen LogP contribution in [0.2, 0.25) is 0 Å². The van der Waals surface area contributed by atoms with Gasteiger partial charge in [0.2, 0.25) is 0 Å². The zero-order chi connectivity index (χ0) is 10.7. The highest BCUT2D eigenvalue weighted by atomic mass is 16.5. The number of rotatable bonds is 2. The number of nitrogens with zero attached hydrogens (tertiary/aromatic N) is 1. The third-order valence-corrected chi connectivity index (χ3v) is 2.26. The molecule has 0 amide bonds. The largest absolute Gasteiger partial charge is 0.465 e. The quantitative estimate of drug-likeness (QED) is 0.622. The zero-order valence-corrected chi connectivity index (χ0v) is 9.00. The Morgan fingerprint density at radius 1 is 1.36 bits per heavy atom. The highest BCUT2D eigenvalue weighted by Gasteiger charge is 2.12. The smallest absolute Gasteiger partial charge is 0.337 e. The Hall–Kier alpha value is -1.51. The van der Waals surface area contributed by atoms with E-state index in [0.29, 0.717) is 5.57 Å². The molecule has 0 saturated heterocycles. The molecule has 0 fully saturated rings. The van der Waals surface area contributed by atoms with Crippen LogP contribution in [0.1, 0.15) is 6.92 Å². The molecule has 0 aromatic rings. The second-order valence-corrected chi connectivity index (χ2v) is 3.36. The van der Waals surface area contributed by atoms with Gasteiger partial charge in [-0.15, -0.1) is 0 Å². The summed E-state index contributed by atoms with van der Waals surface area (Å²) in [7, 11) is 5.33. The fourth-order valence-electron chi connectivity index (χ4n) is 1.17. The molecule has 0 aromatic heterocycles. The molecule has 0 bridgehead atoms. The van der Waals surface area contributed by atoms with Gasteiger partial charge in [0.25, 0.3) is 0 Å². The van der Waals surface area contributed by atoms with Gasteiger partial charge in [-0.3, -0.25) is 0 Å². The monoisotopic (exact) mass is 193 g/mol. The van der Waals surface area contributed by atoms with Crippen molar-refractivity contribution in [3.8, 4) is 0 Å². The topological polar surface area (TPSA) is 29.5 Å². The predicted octanol–water partition coefficient (Wildman–Crippen LogP) is 1.49. The summed E-state index contributed by atoms with van der Waals surface area (Å²) < 4.78 is 4.63. The van der Waals surface area contributed by atoms with Crippen LogP contribution in [0.3, 0.4) is 0 Å². The third-order valence-electron chi connectivity index (χ3n) is 2.26. The molecule has 3 heteroatoms. The number of methoxy groups -OCH3 is 1. The van der Waals surface area contributed by atoms with Crippen molar-refractivity contribution >= 4 is 5.97 Å². The molecule has 1 aliphatic carbocycles. The average Bonchev–Trinajstić information content (AvgIpc) is 2.64. The van der Waals surface area contributed by atoms with Crippen LogP contribution in [0.15, 0.2) is 35.1 Å². The van der Waals surface area contributed by atoms with Crippen LogP contribution in [0.25, 0.3) is 0 Å². The normalized spacial score (nSPS) is 17.9. The molecule has 0 saturated carbocycles. The fourth-order valence-corrected chi connectivity index (χ4v) is 1.17. The summed E-state index contributed by atoms with van der Waals surface area (Å²) in [6.07, 6.45) is 5.52. The minimum Gasteiger partial charge on any atom is -0.465 e. The van der Waals surface area contributed by atoms with Gasteiger partial charge in [0, 0.05) is 19.8 Å². The van der Waals surface area contributed by atoms with Crippen LogP contribution >= 0.6 is 0 Å². The maximum Gasteiger partial charge on any atom is 0.337 e. The minimum atomic E-state index is -0.289. The molecular weight excluding hydrogens is 178 g/mol. The van der Waals surface area contributed by atoms with E-state index in [9.17, 15) is 4.79 Å². The second kappa shape index (κ2) is 4.13. The van der Waals surface area contributed by atoms with Crippen LogP contribution < -0.4 is 0 Å². The second-order valence-electron chi connectivity index (χ2n) is 3.36. The van der Waals surface area contributed by atoms with Crippen molar-refractivity contribution in [2.45, 2.75) is 6.92 Å². The molecule has 0 aromatic carbocycles. The molecule has 0 N–H and O–H groups in total.